The van der Waals surface area contributed by atoms with Crippen molar-refractivity contribution >= 4 is 106 Å². The molecule has 0 aliphatic heterocycles. The molecular formula is H4FeKNa2O17S5. The van der Waals surface area contributed by atoms with Crippen LogP contribution in [0.25, 0.3) is 0 Å². The van der Waals surface area contributed by atoms with Gasteiger partial charge in [-0.3, -0.25) is 0 Å². The molecule has 3 atom stereocenters. The maximum atomic E-state index is 9.37. The molecule has 17 nitrogen and oxygen atoms in total. The summed E-state index contributed by atoms with van der Waals surface area (Å²) in [6.07, 6.45) is 0. The Labute approximate surface area is 252 Å². The van der Waals surface area contributed by atoms with E-state index < -0.39 is 54.9 Å². The summed E-state index contributed by atoms with van der Waals surface area (Å²) in [5, 5.41) is 0. The predicted octanol–water partition coefficient (Wildman–Crippen LogP) is -10.8. The first-order valence-corrected chi connectivity index (χ1v) is 8.81. The van der Waals surface area contributed by atoms with Gasteiger partial charge in [0.05, 0.1) is 34.1 Å². The summed E-state index contributed by atoms with van der Waals surface area (Å²) in [5.41, 5.74) is 0. The van der Waals surface area contributed by atoms with E-state index in [1.165, 1.54) is 0 Å². The van der Waals surface area contributed by atoms with Crippen molar-refractivity contribution in [3.05, 3.63) is 0 Å². The Morgan fingerprint density at radius 1 is 0.654 bits per heavy atom. The van der Waals surface area contributed by atoms with Crippen molar-refractivity contribution in [1.29, 1.82) is 0 Å². The van der Waals surface area contributed by atoms with Gasteiger partial charge in [-0.1, -0.05) is 0 Å². The molecule has 1 radical (unpaired) electrons. The first-order chi connectivity index (χ1) is 9.40. The molecule has 26 heteroatoms. The van der Waals surface area contributed by atoms with E-state index >= 15 is 0 Å². The second-order valence-corrected chi connectivity index (χ2v) is 4.81. The Morgan fingerprint density at radius 2 is 0.731 bits per heavy atom. The van der Waals surface area contributed by atoms with Crippen LogP contribution in [-0.4, -0.2) is 117 Å². The molecule has 0 rings (SSSR count). The van der Waals surface area contributed by atoms with Crippen molar-refractivity contribution in [1.82, 2.24) is 0 Å². The van der Waals surface area contributed by atoms with E-state index in [2.05, 4.69) is 8.67 Å². The molecule has 3 unspecified atom stereocenters. The van der Waals surface area contributed by atoms with Crippen LogP contribution in [0, 0.1) is 0 Å². The molecule has 0 aliphatic carbocycles. The van der Waals surface area contributed by atoms with Crippen molar-refractivity contribution in [2.75, 3.05) is 0 Å². The molecular weight excluding hydrogens is 573 g/mol. The Hall–Kier alpha value is 4.11. The van der Waals surface area contributed by atoms with Crippen LogP contribution in [0.2, 0.25) is 0 Å². The van der Waals surface area contributed by atoms with Crippen LogP contribution in [0.3, 0.4) is 0 Å². The Kier molecular flexibility index (Phi) is 62.8. The third-order valence-corrected chi connectivity index (χ3v) is 0.750. The largest absolute Gasteiger partial charge is 1.00 e. The molecule has 0 saturated heterocycles. The molecule has 0 spiro atoms. The summed E-state index contributed by atoms with van der Waals surface area (Å²) in [6, 6.07) is 0. The topological polar surface area (TPSA) is 314 Å². The van der Waals surface area contributed by atoms with E-state index in [0.29, 0.717) is 0 Å². The molecule has 26 heavy (non-hydrogen) atoms. The minimum atomic E-state index is -5.31. The molecule has 0 bridgehead atoms. The zero-order valence-corrected chi connectivity index (χ0v) is 20.6. The van der Waals surface area contributed by atoms with Gasteiger partial charge in [-0.15, -0.1) is 8.67 Å². The average molecular weight is 577 g/mol. The fourth-order valence-electron chi connectivity index (χ4n) is 0.0680. The molecule has 147 valence electrons. The van der Waals surface area contributed by atoms with Crippen LogP contribution in [0.4, 0.5) is 0 Å². The van der Waals surface area contributed by atoms with Crippen LogP contribution < -0.4 is 59.1 Å². The van der Waals surface area contributed by atoms with Crippen molar-refractivity contribution in [3.8, 4) is 0 Å². The van der Waals surface area contributed by atoms with Gasteiger partial charge in [0, 0.05) is 0 Å². The van der Waals surface area contributed by atoms with E-state index in [4.69, 9.17) is 39.9 Å². The molecule has 0 fully saturated rings. The monoisotopic (exact) mass is 577 g/mol. The van der Waals surface area contributed by atoms with Gasteiger partial charge in [-0.05, 0) is 0 Å². The van der Waals surface area contributed by atoms with E-state index in [-0.39, 0.29) is 128 Å². The van der Waals surface area contributed by atoms with Gasteiger partial charge in [0.25, 0.3) is 0 Å². The molecule has 0 aliphatic rings. The minimum absolute atomic E-state index is 0. The van der Waals surface area contributed by atoms with Crippen molar-refractivity contribution in [2.45, 2.75) is 0 Å². The Morgan fingerprint density at radius 3 is 0.769 bits per heavy atom. The summed E-state index contributed by atoms with van der Waals surface area (Å²) >= 11 is -8.58. The third-order valence-electron chi connectivity index (χ3n) is 0.194. The number of rotatable bonds is 3. The maximum Gasteiger partial charge on any atom is 1.00 e. The van der Waals surface area contributed by atoms with E-state index in [1.807, 2.05) is 0 Å². The zero-order chi connectivity index (χ0) is 19.1. The first kappa shape index (κ1) is 52.2. The van der Waals surface area contributed by atoms with E-state index in [0.717, 1.165) is 0 Å². The van der Waals surface area contributed by atoms with Gasteiger partial charge in [0.1, 0.15) is 0 Å². The van der Waals surface area contributed by atoms with E-state index in [1.54, 1.807) is 0 Å². The van der Waals surface area contributed by atoms with Gasteiger partial charge >= 0.3 is 128 Å². The summed E-state index contributed by atoms with van der Waals surface area (Å²) in [7, 11) is -10.6. The fraction of sp³-hybridized carbons (Fsp3) is 0. The second-order valence-electron chi connectivity index (χ2n) is 1.60. The fourth-order valence-corrected chi connectivity index (χ4v) is 0.612. The molecule has 0 aromatic heterocycles. The summed E-state index contributed by atoms with van der Waals surface area (Å²) in [6.45, 7) is 0. The smallest absolute Gasteiger partial charge is 1.00 e. The summed E-state index contributed by atoms with van der Waals surface area (Å²) in [4.78, 5) is 0. The van der Waals surface area contributed by atoms with Gasteiger partial charge in [-0.25, -0.2) is 29.5 Å². The molecule has 0 saturated carbocycles. The second kappa shape index (κ2) is 31.3. The molecule has 3 N–H and O–H groups in total. The van der Waals surface area contributed by atoms with Crippen molar-refractivity contribution < 1.29 is 151 Å². The summed E-state index contributed by atoms with van der Waals surface area (Å²) < 4.78 is 134. The van der Waals surface area contributed by atoms with Crippen LogP contribution in [0.1, 0.15) is 0 Å². The molecule has 0 aromatic rings. The normalized spacial score (nSPS) is 12.3. The number of hydrogen-bond acceptors (Lipinski definition) is 14. The third kappa shape index (κ3) is 167. The quantitative estimate of drug-likeness (QED) is 0.0700. The SMILES string of the molecule is O=S(=O)([O-])OOS(=O)(=O)[O-].O=S([O-])O.O=S([O-])O.O=S([O-])O.[Fe+3].[KH].[Na+].[Na+]. The van der Waals surface area contributed by atoms with Crippen LogP contribution in [0.15, 0.2) is 0 Å². The van der Waals surface area contributed by atoms with Crippen LogP contribution in [0.5, 0.6) is 0 Å². The molecule has 0 heterocycles. The summed E-state index contributed by atoms with van der Waals surface area (Å²) in [5.74, 6) is 0. The first-order valence-electron chi connectivity index (χ1n) is 3.05. The van der Waals surface area contributed by atoms with Crippen LogP contribution >= 0.6 is 0 Å². The van der Waals surface area contributed by atoms with Gasteiger partial charge in [0.2, 0.25) is 20.8 Å². The van der Waals surface area contributed by atoms with E-state index in [9.17, 15) is 25.9 Å². The number of hydrogen-bond donors (Lipinski definition) is 3. The maximum absolute atomic E-state index is 9.37. The standard InChI is InChI=1S/Fe.K.2Na.H2O8S2.3H2O3S.H/c;;;;1-9(2,3)7-8-10(4,5)6;3*1-4(2)3;/h;;;;(H,1,2,3)(H,4,5,6);3*(H2,1,2,3);/q+3;;2*+1;;;;;/p-5. The average Bonchev–Trinajstić information content (AvgIpc) is 2.09. The molecule has 0 aromatic carbocycles. The Balaban J connectivity index is -0.0000000291. The van der Waals surface area contributed by atoms with Crippen molar-refractivity contribution in [3.63, 3.8) is 0 Å². The molecule has 0 amide bonds. The minimum Gasteiger partial charge on any atom is 1.00 e. The van der Waals surface area contributed by atoms with Gasteiger partial charge in [-0.2, -0.15) is 0 Å². The Bertz CT molecular complexity index is 467. The van der Waals surface area contributed by atoms with Gasteiger partial charge < -0.3 is 36.4 Å². The van der Waals surface area contributed by atoms with Gasteiger partial charge in [0.15, 0.2) is 0 Å². The van der Waals surface area contributed by atoms with Crippen molar-refractivity contribution in [2.24, 2.45) is 0 Å². The van der Waals surface area contributed by atoms with Crippen LogP contribution in [-0.2, 0) is 80.6 Å². The predicted molar refractivity (Wildman–Crippen MR) is 63.4 cm³/mol. The zero-order valence-electron chi connectivity index (χ0n) is 11.5.